The fourth-order valence-electron chi connectivity index (χ4n) is 1.48. The molecule has 0 aliphatic heterocycles. The highest BCUT2D eigenvalue weighted by Crippen LogP contribution is 2.34. The van der Waals surface area contributed by atoms with Gasteiger partial charge in [0.25, 0.3) is 0 Å². The topological polar surface area (TPSA) is 65.3 Å². The van der Waals surface area contributed by atoms with Crippen LogP contribution >= 0.6 is 0 Å². The number of benzene rings is 1. The number of aromatic nitrogens is 1. The summed E-state index contributed by atoms with van der Waals surface area (Å²) in [5, 5.41) is 12.2. The molecule has 0 spiro atoms. The zero-order valence-electron chi connectivity index (χ0n) is 8.01. The Labute approximate surface area is 85.5 Å². The van der Waals surface area contributed by atoms with E-state index in [9.17, 15) is 10.1 Å². The van der Waals surface area contributed by atoms with Crippen molar-refractivity contribution in [1.29, 1.82) is 0 Å². The number of pyridine rings is 1. The first-order valence-corrected chi connectivity index (χ1v) is 4.29. The van der Waals surface area contributed by atoms with Crippen LogP contribution in [0.25, 0.3) is 10.8 Å². The molecule has 0 saturated carbocycles. The van der Waals surface area contributed by atoms with E-state index in [2.05, 4.69) is 4.98 Å². The lowest BCUT2D eigenvalue weighted by Crippen LogP contribution is -1.94. The van der Waals surface area contributed by atoms with Gasteiger partial charge in [-0.2, -0.15) is 0 Å². The first-order valence-electron chi connectivity index (χ1n) is 4.29. The number of fused-ring (bicyclic) bond motifs is 1. The summed E-state index contributed by atoms with van der Waals surface area (Å²) in [7, 11) is 1.41. The van der Waals surface area contributed by atoms with Crippen LogP contribution in [0, 0.1) is 10.1 Å². The van der Waals surface area contributed by atoms with Crippen LogP contribution in [0.4, 0.5) is 5.69 Å². The lowest BCUT2D eigenvalue weighted by molar-refractivity contribution is -0.385. The van der Waals surface area contributed by atoms with Crippen molar-refractivity contribution < 1.29 is 9.66 Å². The third kappa shape index (κ3) is 1.48. The molecule has 0 aliphatic rings. The summed E-state index contributed by atoms with van der Waals surface area (Å²) in [5.41, 5.74) is -0.0435. The smallest absolute Gasteiger partial charge is 0.311 e. The molecule has 0 radical (unpaired) electrons. The number of methoxy groups -OCH3 is 1. The molecule has 0 fully saturated rings. The number of nitrogens with zero attached hydrogens (tertiary/aromatic N) is 2. The van der Waals surface area contributed by atoms with Crippen molar-refractivity contribution in [2.24, 2.45) is 0 Å². The maximum absolute atomic E-state index is 10.7. The van der Waals surface area contributed by atoms with Crippen LogP contribution in [0.3, 0.4) is 0 Å². The van der Waals surface area contributed by atoms with Crippen LogP contribution in [-0.4, -0.2) is 17.0 Å². The third-order valence-corrected chi connectivity index (χ3v) is 2.15. The molecule has 5 heteroatoms. The summed E-state index contributed by atoms with van der Waals surface area (Å²) < 4.78 is 5.04. The molecule has 0 saturated heterocycles. The van der Waals surface area contributed by atoms with Gasteiger partial charge in [-0.05, 0) is 17.5 Å². The molecule has 5 nitrogen and oxygen atoms in total. The first-order chi connectivity index (χ1) is 7.24. The molecule has 1 aromatic carbocycles. The minimum atomic E-state index is -0.467. The Hall–Kier alpha value is -2.17. The Morgan fingerprint density at radius 3 is 2.87 bits per heavy atom. The van der Waals surface area contributed by atoms with Gasteiger partial charge in [-0.25, -0.2) is 0 Å². The molecule has 1 aromatic heterocycles. The van der Waals surface area contributed by atoms with Crippen LogP contribution in [-0.2, 0) is 0 Å². The zero-order valence-corrected chi connectivity index (χ0v) is 8.01. The second kappa shape index (κ2) is 3.53. The number of ether oxygens (including phenoxy) is 1. The minimum absolute atomic E-state index is 0.0435. The first kappa shape index (κ1) is 9.39. The summed E-state index contributed by atoms with van der Waals surface area (Å²) in [6, 6.07) is 4.89. The highest BCUT2D eigenvalue weighted by Gasteiger charge is 2.17. The van der Waals surface area contributed by atoms with Gasteiger partial charge in [-0.3, -0.25) is 15.1 Å². The quantitative estimate of drug-likeness (QED) is 0.555. The Kier molecular flexibility index (Phi) is 2.21. The molecule has 0 N–H and O–H groups in total. The second-order valence-electron chi connectivity index (χ2n) is 2.97. The maximum Gasteiger partial charge on any atom is 0.311 e. The summed E-state index contributed by atoms with van der Waals surface area (Å²) >= 11 is 0. The van der Waals surface area contributed by atoms with E-state index < -0.39 is 4.92 Å². The van der Waals surface area contributed by atoms with Gasteiger partial charge in [-0.1, -0.05) is 0 Å². The standard InChI is InChI=1S/C10H8N2O3/c1-15-10-8-6-11-5-4-7(8)2-3-9(10)12(13)14/h2-6H,1H3. The summed E-state index contributed by atoms with van der Waals surface area (Å²) in [5.74, 6) is 0.255. The number of hydrogen-bond donors (Lipinski definition) is 0. The van der Waals surface area contributed by atoms with Gasteiger partial charge in [0.15, 0.2) is 0 Å². The van der Waals surface area contributed by atoms with Gasteiger partial charge in [0.1, 0.15) is 0 Å². The van der Waals surface area contributed by atoms with E-state index in [0.717, 1.165) is 5.39 Å². The van der Waals surface area contributed by atoms with Crippen molar-refractivity contribution in [2.75, 3.05) is 7.11 Å². The van der Waals surface area contributed by atoms with Crippen molar-refractivity contribution in [2.45, 2.75) is 0 Å². The SMILES string of the molecule is COc1c([N+](=O)[O-])ccc2ccncc12. The zero-order chi connectivity index (χ0) is 10.8. The number of rotatable bonds is 2. The number of hydrogen-bond acceptors (Lipinski definition) is 4. The molecular formula is C10H8N2O3. The van der Waals surface area contributed by atoms with Crippen LogP contribution in [0.2, 0.25) is 0 Å². The second-order valence-corrected chi connectivity index (χ2v) is 2.97. The Morgan fingerprint density at radius 1 is 1.40 bits per heavy atom. The van der Waals surface area contributed by atoms with Crippen molar-refractivity contribution in [3.63, 3.8) is 0 Å². The third-order valence-electron chi connectivity index (χ3n) is 2.15. The van der Waals surface area contributed by atoms with Crippen LogP contribution in [0.15, 0.2) is 30.6 Å². The molecule has 1 heterocycles. The lowest BCUT2D eigenvalue weighted by atomic mass is 10.1. The fraction of sp³-hybridized carbons (Fsp3) is 0.100. The van der Waals surface area contributed by atoms with E-state index in [-0.39, 0.29) is 11.4 Å². The van der Waals surface area contributed by atoms with E-state index in [1.54, 1.807) is 24.5 Å². The van der Waals surface area contributed by atoms with Crippen molar-refractivity contribution in [3.05, 3.63) is 40.7 Å². The average Bonchev–Trinajstić information content (AvgIpc) is 2.27. The molecule has 2 aromatic rings. The molecule has 0 bridgehead atoms. The van der Waals surface area contributed by atoms with Crippen LogP contribution in [0.5, 0.6) is 5.75 Å². The predicted molar refractivity (Wildman–Crippen MR) is 54.9 cm³/mol. The van der Waals surface area contributed by atoms with Gasteiger partial charge >= 0.3 is 5.69 Å². The maximum atomic E-state index is 10.7. The van der Waals surface area contributed by atoms with Crippen molar-refractivity contribution in [1.82, 2.24) is 4.98 Å². The summed E-state index contributed by atoms with van der Waals surface area (Å²) in [6.45, 7) is 0. The molecule has 76 valence electrons. The van der Waals surface area contributed by atoms with Gasteiger partial charge in [0, 0.05) is 23.8 Å². The Balaban J connectivity index is 2.81. The van der Waals surface area contributed by atoms with Crippen molar-refractivity contribution >= 4 is 16.5 Å². The van der Waals surface area contributed by atoms with Gasteiger partial charge in [-0.15, -0.1) is 0 Å². The van der Waals surface area contributed by atoms with E-state index in [1.807, 2.05) is 0 Å². The Morgan fingerprint density at radius 2 is 2.20 bits per heavy atom. The number of nitro benzene ring substituents is 1. The molecular weight excluding hydrogens is 196 g/mol. The molecule has 2 rings (SSSR count). The molecule has 0 aliphatic carbocycles. The van der Waals surface area contributed by atoms with Gasteiger partial charge < -0.3 is 4.74 Å². The van der Waals surface area contributed by atoms with Crippen LogP contribution < -0.4 is 4.74 Å². The summed E-state index contributed by atoms with van der Waals surface area (Å²) in [4.78, 5) is 14.2. The van der Waals surface area contributed by atoms with E-state index in [0.29, 0.717) is 5.39 Å². The fourth-order valence-corrected chi connectivity index (χ4v) is 1.48. The number of nitro groups is 1. The summed E-state index contributed by atoms with van der Waals surface area (Å²) in [6.07, 6.45) is 3.19. The normalized spacial score (nSPS) is 10.2. The van der Waals surface area contributed by atoms with E-state index >= 15 is 0 Å². The highest BCUT2D eigenvalue weighted by molar-refractivity contribution is 5.91. The molecule has 0 atom stereocenters. The minimum Gasteiger partial charge on any atom is -0.490 e. The largest absolute Gasteiger partial charge is 0.490 e. The van der Waals surface area contributed by atoms with Gasteiger partial charge in [0.2, 0.25) is 5.75 Å². The molecule has 0 amide bonds. The van der Waals surface area contributed by atoms with Gasteiger partial charge in [0.05, 0.1) is 12.0 Å². The molecule has 0 unspecified atom stereocenters. The highest BCUT2D eigenvalue weighted by atomic mass is 16.6. The predicted octanol–water partition coefficient (Wildman–Crippen LogP) is 2.15. The van der Waals surface area contributed by atoms with E-state index in [4.69, 9.17) is 4.74 Å². The average molecular weight is 204 g/mol. The Bertz CT molecular complexity index is 525. The molecule has 15 heavy (non-hydrogen) atoms. The van der Waals surface area contributed by atoms with Crippen molar-refractivity contribution in [3.8, 4) is 5.75 Å². The monoisotopic (exact) mass is 204 g/mol. The lowest BCUT2D eigenvalue weighted by Gasteiger charge is -2.04. The van der Waals surface area contributed by atoms with Crippen LogP contribution in [0.1, 0.15) is 0 Å². The van der Waals surface area contributed by atoms with E-state index in [1.165, 1.54) is 13.2 Å².